The van der Waals surface area contributed by atoms with Crippen LogP contribution in [0.15, 0.2) is 42.7 Å². The first kappa shape index (κ1) is 19.5. The zero-order valence-electron chi connectivity index (χ0n) is 15.4. The van der Waals surface area contributed by atoms with Crippen molar-refractivity contribution in [2.75, 3.05) is 13.6 Å². The van der Waals surface area contributed by atoms with Crippen molar-refractivity contribution in [1.82, 2.24) is 14.5 Å². The fraction of sp³-hybridized carbons (Fsp3) is 0.409. The van der Waals surface area contributed by atoms with Gasteiger partial charge in [-0.2, -0.15) is 0 Å². The Morgan fingerprint density at radius 1 is 1.33 bits per heavy atom. The van der Waals surface area contributed by atoms with Gasteiger partial charge in [-0.1, -0.05) is 25.1 Å². The molecule has 3 heterocycles. The molecule has 1 aliphatic heterocycles. The molecule has 2 unspecified atom stereocenters. The molecule has 4 nitrogen and oxygen atoms in total. The summed E-state index contributed by atoms with van der Waals surface area (Å²) >= 11 is 0. The van der Waals surface area contributed by atoms with Crippen LogP contribution in [0.25, 0.3) is 10.9 Å². The largest absolute Gasteiger partial charge is 0.384 e. The van der Waals surface area contributed by atoms with E-state index < -0.39 is 11.8 Å². The summed E-state index contributed by atoms with van der Waals surface area (Å²) in [5, 5.41) is 12.2. The van der Waals surface area contributed by atoms with Crippen LogP contribution >= 0.6 is 0 Å². The van der Waals surface area contributed by atoms with Gasteiger partial charge in [-0.15, -0.1) is 0 Å². The number of nitrogens with zero attached hydrogens (tertiary/aromatic N) is 3. The predicted octanol–water partition coefficient (Wildman–Crippen LogP) is 4.34. The van der Waals surface area contributed by atoms with Crippen molar-refractivity contribution in [2.45, 2.75) is 46.1 Å². The zero-order chi connectivity index (χ0) is 18.5. The van der Waals surface area contributed by atoms with Crippen LogP contribution in [0.1, 0.15) is 42.9 Å². The standard InChI is InChI=1S/C21H24FN3O.CH4/c1-14-6-7-19-16(9-14)17-11-24(3)12-18(22)20(17)25(19)13-21(2,26)15-5-4-8-23-10-15;/h4-10,18,26H,11-13H2,1-3H3;1H4. The fourth-order valence-corrected chi connectivity index (χ4v) is 4.03. The van der Waals surface area contributed by atoms with Crippen LogP contribution < -0.4 is 0 Å². The van der Waals surface area contributed by atoms with E-state index in [1.807, 2.05) is 40.8 Å². The maximum atomic E-state index is 15.0. The van der Waals surface area contributed by atoms with Crippen LogP contribution in [0.4, 0.5) is 4.39 Å². The van der Waals surface area contributed by atoms with Crippen LogP contribution in [0.2, 0.25) is 0 Å². The quantitative estimate of drug-likeness (QED) is 0.746. The molecule has 5 heteroatoms. The molecule has 0 saturated carbocycles. The SMILES string of the molecule is C.Cc1ccc2c(c1)c1c(n2CC(C)(O)c2cccnc2)C(F)CN(C)C1. The number of rotatable bonds is 3. The highest BCUT2D eigenvalue weighted by Gasteiger charge is 2.33. The van der Waals surface area contributed by atoms with E-state index in [0.29, 0.717) is 12.2 Å². The van der Waals surface area contributed by atoms with Gasteiger partial charge in [-0.25, -0.2) is 4.39 Å². The number of fused-ring (bicyclic) bond motifs is 3. The van der Waals surface area contributed by atoms with Crippen LogP contribution in [-0.4, -0.2) is 33.1 Å². The molecule has 0 spiro atoms. The van der Waals surface area contributed by atoms with Gasteiger partial charge in [0.05, 0.1) is 12.2 Å². The fourth-order valence-electron chi connectivity index (χ4n) is 4.03. The third-order valence-corrected chi connectivity index (χ3v) is 5.31. The summed E-state index contributed by atoms with van der Waals surface area (Å²) in [5.41, 5.74) is 3.45. The van der Waals surface area contributed by atoms with Crippen molar-refractivity contribution in [3.05, 3.63) is 65.1 Å². The molecule has 2 aromatic heterocycles. The monoisotopic (exact) mass is 369 g/mol. The lowest BCUT2D eigenvalue weighted by Gasteiger charge is -2.30. The summed E-state index contributed by atoms with van der Waals surface area (Å²) < 4.78 is 17.0. The number of pyridine rings is 1. The Morgan fingerprint density at radius 3 is 2.81 bits per heavy atom. The van der Waals surface area contributed by atoms with Gasteiger partial charge in [0.1, 0.15) is 5.60 Å². The van der Waals surface area contributed by atoms with Crippen molar-refractivity contribution in [2.24, 2.45) is 0 Å². The highest BCUT2D eigenvalue weighted by Crippen LogP contribution is 2.38. The number of aryl methyl sites for hydroxylation is 1. The van der Waals surface area contributed by atoms with E-state index in [4.69, 9.17) is 0 Å². The van der Waals surface area contributed by atoms with Crippen molar-refractivity contribution in [1.29, 1.82) is 0 Å². The van der Waals surface area contributed by atoms with Gasteiger partial charge in [0.15, 0.2) is 6.17 Å². The Hall–Kier alpha value is -2.24. The van der Waals surface area contributed by atoms with Gasteiger partial charge in [0, 0.05) is 41.9 Å². The number of halogens is 1. The van der Waals surface area contributed by atoms with Gasteiger partial charge >= 0.3 is 0 Å². The van der Waals surface area contributed by atoms with E-state index in [1.165, 1.54) is 0 Å². The molecule has 1 N–H and O–H groups in total. The van der Waals surface area contributed by atoms with Gasteiger partial charge in [0.2, 0.25) is 0 Å². The average molecular weight is 369 g/mol. The van der Waals surface area contributed by atoms with E-state index in [2.05, 4.69) is 18.0 Å². The van der Waals surface area contributed by atoms with Crippen LogP contribution in [0.3, 0.4) is 0 Å². The predicted molar refractivity (Wildman–Crippen MR) is 107 cm³/mol. The molecule has 1 aliphatic rings. The summed E-state index contributed by atoms with van der Waals surface area (Å²) in [6, 6.07) is 9.86. The second kappa shape index (κ2) is 7.06. The summed E-state index contributed by atoms with van der Waals surface area (Å²) in [6.45, 7) is 5.19. The molecular formula is C22H28FN3O. The lowest BCUT2D eigenvalue weighted by atomic mass is 9.97. The lowest BCUT2D eigenvalue weighted by molar-refractivity contribution is 0.0365. The first-order chi connectivity index (χ1) is 12.4. The number of likely N-dealkylation sites (N-methyl/N-ethyl adjacent to an activating group) is 1. The number of aromatic nitrogens is 2. The molecule has 0 radical (unpaired) electrons. The first-order valence-electron chi connectivity index (χ1n) is 8.94. The van der Waals surface area contributed by atoms with Gasteiger partial charge in [-0.3, -0.25) is 9.88 Å². The lowest BCUT2D eigenvalue weighted by Crippen LogP contribution is -2.33. The Balaban J connectivity index is 0.00000210. The van der Waals surface area contributed by atoms with Crippen molar-refractivity contribution in [3.63, 3.8) is 0 Å². The Labute approximate surface area is 160 Å². The second-order valence-corrected chi connectivity index (χ2v) is 7.65. The highest BCUT2D eigenvalue weighted by atomic mass is 19.1. The molecule has 0 fully saturated rings. The molecule has 27 heavy (non-hydrogen) atoms. The highest BCUT2D eigenvalue weighted by molar-refractivity contribution is 5.86. The van der Waals surface area contributed by atoms with Crippen LogP contribution in [0.5, 0.6) is 0 Å². The normalized spacial score (nSPS) is 19.4. The Kier molecular flexibility index (Phi) is 5.10. The third kappa shape index (κ3) is 3.37. The van der Waals surface area contributed by atoms with Crippen molar-refractivity contribution < 1.29 is 9.50 Å². The molecule has 144 valence electrons. The molecular weight excluding hydrogens is 341 g/mol. The number of aliphatic hydroxyl groups is 1. The maximum Gasteiger partial charge on any atom is 0.153 e. The minimum absolute atomic E-state index is 0. The van der Waals surface area contributed by atoms with E-state index in [0.717, 1.165) is 34.1 Å². The number of alkyl halides is 1. The van der Waals surface area contributed by atoms with Gasteiger partial charge < -0.3 is 9.67 Å². The smallest absolute Gasteiger partial charge is 0.153 e. The molecule has 4 rings (SSSR count). The average Bonchev–Trinajstić information content (AvgIpc) is 2.88. The summed E-state index contributed by atoms with van der Waals surface area (Å²) in [7, 11) is 1.94. The first-order valence-corrected chi connectivity index (χ1v) is 8.94. The Bertz CT molecular complexity index is 949. The zero-order valence-corrected chi connectivity index (χ0v) is 15.4. The maximum absolute atomic E-state index is 15.0. The summed E-state index contributed by atoms with van der Waals surface area (Å²) in [5.74, 6) is 0. The molecule has 0 saturated heterocycles. The summed E-state index contributed by atoms with van der Waals surface area (Å²) in [6.07, 6.45) is 2.28. The van der Waals surface area contributed by atoms with E-state index in [-0.39, 0.29) is 14.0 Å². The van der Waals surface area contributed by atoms with E-state index in [1.54, 1.807) is 19.3 Å². The van der Waals surface area contributed by atoms with E-state index >= 15 is 4.39 Å². The molecule has 2 atom stereocenters. The molecule has 3 aromatic rings. The third-order valence-electron chi connectivity index (χ3n) is 5.31. The number of benzene rings is 1. The van der Waals surface area contributed by atoms with E-state index in [9.17, 15) is 5.11 Å². The van der Waals surface area contributed by atoms with Crippen molar-refractivity contribution >= 4 is 10.9 Å². The number of hydrogen-bond acceptors (Lipinski definition) is 3. The molecule has 1 aromatic carbocycles. The summed E-state index contributed by atoms with van der Waals surface area (Å²) in [4.78, 5) is 6.13. The minimum Gasteiger partial charge on any atom is -0.384 e. The van der Waals surface area contributed by atoms with Crippen LogP contribution in [-0.2, 0) is 18.7 Å². The van der Waals surface area contributed by atoms with Gasteiger partial charge in [0.25, 0.3) is 0 Å². The molecule has 0 amide bonds. The Morgan fingerprint density at radius 2 is 2.11 bits per heavy atom. The van der Waals surface area contributed by atoms with Crippen molar-refractivity contribution in [3.8, 4) is 0 Å². The van der Waals surface area contributed by atoms with Gasteiger partial charge in [-0.05, 0) is 44.7 Å². The second-order valence-electron chi connectivity index (χ2n) is 7.65. The topological polar surface area (TPSA) is 41.3 Å². The van der Waals surface area contributed by atoms with Crippen LogP contribution in [0, 0.1) is 6.92 Å². The molecule has 0 aliphatic carbocycles. The minimum atomic E-state index is -1.14. The molecule has 0 bridgehead atoms. The number of hydrogen-bond donors (Lipinski definition) is 1.